The molecule has 1 N–H and O–H groups in total. The third kappa shape index (κ3) is 3.21. The average molecular weight is 381 g/mol. The van der Waals surface area contributed by atoms with Crippen molar-refractivity contribution in [2.45, 2.75) is 64.6 Å². The van der Waals surface area contributed by atoms with Crippen molar-refractivity contribution in [3.8, 4) is 0 Å². The molecule has 0 aromatic carbocycles. The Labute approximate surface area is 165 Å². The second-order valence-corrected chi connectivity index (χ2v) is 8.11. The summed E-state index contributed by atoms with van der Waals surface area (Å²) < 4.78 is 2.08. The molecular weight excluding hydrogens is 354 g/mol. The lowest BCUT2D eigenvalue weighted by atomic mass is 9.84. The zero-order valence-corrected chi connectivity index (χ0v) is 16.5. The summed E-state index contributed by atoms with van der Waals surface area (Å²) in [5.74, 6) is -0.706. The second kappa shape index (κ2) is 7.41. The molecule has 2 fully saturated rings. The number of hydrogen-bond donors (Lipinski definition) is 1. The number of aryl methyl sites for hydroxylation is 1. The number of rotatable bonds is 4. The van der Waals surface area contributed by atoms with Crippen LogP contribution in [0.5, 0.6) is 0 Å². The van der Waals surface area contributed by atoms with Gasteiger partial charge in [0.15, 0.2) is 0 Å². The number of carbonyl (C=O) groups is 2. The number of aromatic nitrogens is 2. The minimum absolute atomic E-state index is 0.0567. The first-order valence-electron chi connectivity index (χ1n) is 10.1. The SMILES string of the molecule is Cc1cc(C(=O)N2C(C(=O)O)CC3CCCCC32)c(C)n1Cc1ccccn1. The summed E-state index contributed by atoms with van der Waals surface area (Å²) in [5.41, 5.74) is 3.40. The standard InChI is InChI=1S/C22H27N3O3/c1-14-11-18(15(2)24(14)13-17-8-5-6-10-23-17)21(26)25-19-9-4-3-7-16(19)12-20(25)22(27)28/h5-6,8,10-11,16,19-20H,3-4,7,9,12-13H2,1-2H3,(H,27,28). The minimum Gasteiger partial charge on any atom is -0.480 e. The molecule has 6 heteroatoms. The van der Waals surface area contributed by atoms with E-state index in [1.54, 1.807) is 11.1 Å². The predicted molar refractivity (Wildman–Crippen MR) is 105 cm³/mol. The molecule has 0 bridgehead atoms. The Morgan fingerprint density at radius 3 is 2.71 bits per heavy atom. The van der Waals surface area contributed by atoms with Gasteiger partial charge in [-0.3, -0.25) is 9.78 Å². The quantitative estimate of drug-likeness (QED) is 0.881. The van der Waals surface area contributed by atoms with Crippen LogP contribution < -0.4 is 0 Å². The molecule has 148 valence electrons. The van der Waals surface area contributed by atoms with Crippen molar-refractivity contribution < 1.29 is 14.7 Å². The van der Waals surface area contributed by atoms with Gasteiger partial charge in [-0.25, -0.2) is 4.79 Å². The monoisotopic (exact) mass is 381 g/mol. The third-order valence-corrected chi connectivity index (χ3v) is 6.46. The first kappa shape index (κ1) is 18.7. The number of pyridine rings is 1. The van der Waals surface area contributed by atoms with Gasteiger partial charge in [-0.1, -0.05) is 18.9 Å². The van der Waals surface area contributed by atoms with Crippen LogP contribution >= 0.6 is 0 Å². The first-order chi connectivity index (χ1) is 13.5. The molecule has 1 saturated heterocycles. The summed E-state index contributed by atoms with van der Waals surface area (Å²) in [4.78, 5) is 31.4. The number of fused-ring (bicyclic) bond motifs is 1. The summed E-state index contributed by atoms with van der Waals surface area (Å²) in [6, 6.07) is 7.05. The highest BCUT2D eigenvalue weighted by atomic mass is 16.4. The Morgan fingerprint density at radius 1 is 1.21 bits per heavy atom. The highest BCUT2D eigenvalue weighted by Crippen LogP contribution is 2.41. The maximum absolute atomic E-state index is 13.5. The van der Waals surface area contributed by atoms with Gasteiger partial charge in [0.05, 0.1) is 17.8 Å². The van der Waals surface area contributed by atoms with Crippen LogP contribution in [0.15, 0.2) is 30.5 Å². The fraction of sp³-hybridized carbons (Fsp3) is 0.500. The summed E-state index contributed by atoms with van der Waals surface area (Å²) in [6.45, 7) is 4.52. The largest absolute Gasteiger partial charge is 0.480 e. The van der Waals surface area contributed by atoms with Crippen molar-refractivity contribution in [1.82, 2.24) is 14.5 Å². The summed E-state index contributed by atoms with van der Waals surface area (Å²) in [6.07, 6.45) is 6.48. The molecule has 3 atom stereocenters. The van der Waals surface area contributed by atoms with E-state index < -0.39 is 12.0 Å². The fourth-order valence-corrected chi connectivity index (χ4v) is 5.03. The maximum atomic E-state index is 13.5. The van der Waals surface area contributed by atoms with Gasteiger partial charge >= 0.3 is 5.97 Å². The van der Waals surface area contributed by atoms with E-state index in [2.05, 4.69) is 9.55 Å². The molecule has 3 heterocycles. The highest BCUT2D eigenvalue weighted by Gasteiger charge is 2.48. The van der Waals surface area contributed by atoms with Gasteiger partial charge in [-0.2, -0.15) is 0 Å². The molecule has 28 heavy (non-hydrogen) atoms. The Morgan fingerprint density at radius 2 is 2.00 bits per heavy atom. The van der Waals surface area contributed by atoms with Crippen LogP contribution in [0.3, 0.4) is 0 Å². The number of nitrogens with zero attached hydrogens (tertiary/aromatic N) is 3. The number of hydrogen-bond acceptors (Lipinski definition) is 3. The van der Waals surface area contributed by atoms with Gasteiger partial charge < -0.3 is 14.6 Å². The second-order valence-electron chi connectivity index (χ2n) is 8.11. The Balaban J connectivity index is 1.65. The topological polar surface area (TPSA) is 75.4 Å². The summed E-state index contributed by atoms with van der Waals surface area (Å²) in [5, 5.41) is 9.74. The molecule has 2 aromatic heterocycles. The number of aliphatic carboxylic acids is 1. The average Bonchev–Trinajstić information content (AvgIpc) is 3.21. The highest BCUT2D eigenvalue weighted by molar-refractivity contribution is 5.98. The molecule has 4 rings (SSSR count). The van der Waals surface area contributed by atoms with Crippen LogP contribution in [0.4, 0.5) is 0 Å². The number of likely N-dealkylation sites (tertiary alicyclic amines) is 1. The molecule has 2 aromatic rings. The zero-order valence-electron chi connectivity index (χ0n) is 16.5. The van der Waals surface area contributed by atoms with E-state index in [9.17, 15) is 14.7 Å². The zero-order chi connectivity index (χ0) is 19.8. The minimum atomic E-state index is -0.884. The van der Waals surface area contributed by atoms with Crippen molar-refractivity contribution in [1.29, 1.82) is 0 Å². The van der Waals surface area contributed by atoms with Gasteiger partial charge in [-0.15, -0.1) is 0 Å². The van der Waals surface area contributed by atoms with E-state index in [-0.39, 0.29) is 11.9 Å². The predicted octanol–water partition coefficient (Wildman–Crippen LogP) is 3.41. The van der Waals surface area contributed by atoms with Crippen LogP contribution in [0.25, 0.3) is 0 Å². The fourth-order valence-electron chi connectivity index (χ4n) is 5.03. The smallest absolute Gasteiger partial charge is 0.326 e. The van der Waals surface area contributed by atoms with Gasteiger partial charge in [0.1, 0.15) is 6.04 Å². The molecule has 6 nitrogen and oxygen atoms in total. The molecule has 2 aliphatic rings. The first-order valence-corrected chi connectivity index (χ1v) is 10.1. The van der Waals surface area contributed by atoms with Crippen LogP contribution in [-0.4, -0.2) is 43.5 Å². The Kier molecular flexibility index (Phi) is 4.96. The molecule has 0 radical (unpaired) electrons. The molecule has 3 unspecified atom stereocenters. The van der Waals surface area contributed by atoms with Crippen molar-refractivity contribution in [3.05, 3.63) is 53.1 Å². The van der Waals surface area contributed by atoms with Crippen molar-refractivity contribution in [2.75, 3.05) is 0 Å². The van der Waals surface area contributed by atoms with Crippen LogP contribution in [0, 0.1) is 19.8 Å². The van der Waals surface area contributed by atoms with E-state index >= 15 is 0 Å². The van der Waals surface area contributed by atoms with Gasteiger partial charge in [-0.05, 0) is 57.2 Å². The third-order valence-electron chi connectivity index (χ3n) is 6.46. The van der Waals surface area contributed by atoms with Crippen LogP contribution in [-0.2, 0) is 11.3 Å². The lowest BCUT2D eigenvalue weighted by Crippen LogP contribution is -2.46. The number of amides is 1. The Bertz CT molecular complexity index is 890. The lowest BCUT2D eigenvalue weighted by Gasteiger charge is -2.33. The summed E-state index contributed by atoms with van der Waals surface area (Å²) in [7, 11) is 0. The molecule has 1 aliphatic carbocycles. The van der Waals surface area contributed by atoms with E-state index in [4.69, 9.17) is 0 Å². The van der Waals surface area contributed by atoms with Gasteiger partial charge in [0.2, 0.25) is 0 Å². The maximum Gasteiger partial charge on any atom is 0.326 e. The van der Waals surface area contributed by atoms with Gasteiger partial charge in [0, 0.05) is 23.6 Å². The lowest BCUT2D eigenvalue weighted by molar-refractivity contribution is -0.141. The van der Waals surface area contributed by atoms with Crippen molar-refractivity contribution in [3.63, 3.8) is 0 Å². The van der Waals surface area contributed by atoms with Crippen LogP contribution in [0.2, 0.25) is 0 Å². The molecular formula is C22H27N3O3. The number of carboxylic acids is 1. The molecule has 0 spiro atoms. The van der Waals surface area contributed by atoms with E-state index in [1.165, 1.54) is 0 Å². The van der Waals surface area contributed by atoms with Crippen molar-refractivity contribution >= 4 is 11.9 Å². The number of carboxylic acid groups (broad SMARTS) is 1. The van der Waals surface area contributed by atoms with E-state index in [0.717, 1.165) is 42.8 Å². The normalized spacial score (nSPS) is 24.2. The molecule has 1 amide bonds. The van der Waals surface area contributed by atoms with Crippen LogP contribution in [0.1, 0.15) is 59.5 Å². The van der Waals surface area contributed by atoms with E-state index in [1.807, 2.05) is 38.1 Å². The Hall–Kier alpha value is -2.63. The molecule has 1 aliphatic heterocycles. The molecule has 1 saturated carbocycles. The van der Waals surface area contributed by atoms with Crippen molar-refractivity contribution in [2.24, 2.45) is 5.92 Å². The van der Waals surface area contributed by atoms with Gasteiger partial charge in [0.25, 0.3) is 5.91 Å². The number of carbonyl (C=O) groups excluding carboxylic acids is 1. The summed E-state index contributed by atoms with van der Waals surface area (Å²) >= 11 is 0. The van der Waals surface area contributed by atoms with E-state index in [0.29, 0.717) is 24.4 Å².